The summed E-state index contributed by atoms with van der Waals surface area (Å²) in [6.45, 7) is 20.5. The summed E-state index contributed by atoms with van der Waals surface area (Å²) in [5.41, 5.74) is 33.4. The van der Waals surface area contributed by atoms with Gasteiger partial charge in [0.25, 0.3) is 0 Å². The molecule has 0 spiro atoms. The number of ether oxygens (including phenoxy) is 1. The van der Waals surface area contributed by atoms with E-state index in [-0.39, 0.29) is 16.2 Å². The number of hydrogen-bond donors (Lipinski definition) is 0. The topological polar surface area (TPSA) is 9.23 Å². The van der Waals surface area contributed by atoms with E-state index in [0.717, 1.165) is 55.1 Å². The summed E-state index contributed by atoms with van der Waals surface area (Å²) in [6.07, 6.45) is -4.37. The third-order valence-corrected chi connectivity index (χ3v) is 27.1. The van der Waals surface area contributed by atoms with E-state index < -0.39 is 11.7 Å². The number of rotatable bonds is 7. The first-order valence-electron chi connectivity index (χ1n) is 42.4. The molecule has 0 radical (unpaired) electrons. The molecule has 122 heavy (non-hydrogen) atoms. The molecule has 0 saturated carbocycles. The molecular formula is C118H89F3O. The van der Waals surface area contributed by atoms with Crippen LogP contribution >= 0.6 is 0 Å². The van der Waals surface area contributed by atoms with Gasteiger partial charge >= 0.3 is 6.18 Å². The fraction of sp³-hybridized carbons (Fsp3) is 0.119. The second-order valence-electron chi connectivity index (χ2n) is 35.3. The summed E-state index contributed by atoms with van der Waals surface area (Å²) >= 11 is 0. The molecular weight excluding hydrogens is 1490 g/mol. The molecule has 0 heterocycles. The maximum atomic E-state index is 13.3. The van der Waals surface area contributed by atoms with Crippen molar-refractivity contribution in [2.75, 3.05) is 7.11 Å². The van der Waals surface area contributed by atoms with Gasteiger partial charge in [0.05, 0.1) is 12.7 Å². The Balaban J connectivity index is 0.000000113. The van der Waals surface area contributed by atoms with E-state index in [2.05, 4.69) is 384 Å². The van der Waals surface area contributed by atoms with Gasteiger partial charge in [-0.15, -0.1) is 0 Å². The minimum absolute atomic E-state index is 0.0352. The highest BCUT2D eigenvalue weighted by Gasteiger charge is 2.39. The van der Waals surface area contributed by atoms with E-state index >= 15 is 0 Å². The Morgan fingerprint density at radius 1 is 0.213 bits per heavy atom. The smallest absolute Gasteiger partial charge is 0.416 e. The molecule has 0 unspecified atom stereocenters. The lowest BCUT2D eigenvalue weighted by Crippen LogP contribution is -2.14. The highest BCUT2D eigenvalue weighted by molar-refractivity contribution is 6.28. The number of aryl methyl sites for hydroxylation is 3. The summed E-state index contributed by atoms with van der Waals surface area (Å²) in [4.78, 5) is 0. The van der Waals surface area contributed by atoms with Crippen LogP contribution in [0, 0.1) is 20.8 Å². The second kappa shape index (κ2) is 28.6. The van der Waals surface area contributed by atoms with Crippen LogP contribution in [0.1, 0.15) is 97.2 Å². The highest BCUT2D eigenvalue weighted by Crippen LogP contribution is 2.57. The van der Waals surface area contributed by atoms with Crippen LogP contribution in [0.15, 0.2) is 358 Å². The Morgan fingerprint density at radius 2 is 0.467 bits per heavy atom. The van der Waals surface area contributed by atoms with Gasteiger partial charge in [-0.1, -0.05) is 368 Å². The van der Waals surface area contributed by atoms with Gasteiger partial charge in [-0.05, 0) is 289 Å². The molecule has 4 heteroatoms. The molecule has 588 valence electrons. The van der Waals surface area contributed by atoms with Crippen LogP contribution in [-0.2, 0) is 22.4 Å². The van der Waals surface area contributed by atoms with E-state index in [1.54, 1.807) is 19.2 Å². The minimum atomic E-state index is -4.37. The Morgan fingerprint density at radius 3 is 0.803 bits per heavy atom. The molecule has 0 aromatic heterocycles. The normalized spacial score (nSPS) is 13.6. The van der Waals surface area contributed by atoms with E-state index in [9.17, 15) is 13.2 Å². The third kappa shape index (κ3) is 12.0. The SMILES string of the molecule is COc1ccc(-c2c3ccccc3c(-c3ccc4c(c3)C(C)(C)c3ccccc3-4)c3cc(C)ccc23)cc1.Cc1ccc2c(-c3c4ccccc4cc4ccccc34)c3ccccc3c(-c3ccc4c(c3)C(C)(C)c3ccccc3-4)c2c1.Cc1ccc2c(-c3ccc(C(F)(F)F)cc3)c3ccccc3c(-c3ccc4c(c3)C(C)(C)c3ccccc3-4)c2c1. The van der Waals surface area contributed by atoms with Crippen molar-refractivity contribution in [3.8, 4) is 106 Å². The first kappa shape index (κ1) is 75.5. The Kier molecular flexibility index (Phi) is 17.7. The van der Waals surface area contributed by atoms with Crippen molar-refractivity contribution in [3.63, 3.8) is 0 Å². The standard InChI is InChI=1S/C44H32.C37H27F3.C37H30O/c1-27-20-22-37-38(24-27)41(30-21-23-34-33-16-10-11-19-39(33)44(2,3)40(34)26-30)35-17-8-9-18-36(35)43(37)42-31-14-6-4-12-28(31)25-29-13-5-7-15-32(29)42;1-22-12-18-30-31(20-22)35(24-15-19-27-26-8-6-7-11-32(26)36(2,3)33(27)21-24)29-10-5-4-9-28(29)34(30)23-13-16-25(17-14-23)37(38,39)40;1-23-13-19-31-32(21-23)36(25-16-20-28-27-9-7-8-12-33(27)37(2,3)34(28)22-25)30-11-6-5-10-29(30)35(31)24-14-17-26(38-4)18-15-24/h4-26H,1-3H3;4-21H,1-3H3;5-22H,1-4H3. The van der Waals surface area contributed by atoms with Crippen molar-refractivity contribution < 1.29 is 17.9 Å². The zero-order chi connectivity index (χ0) is 83.4. The Bertz CT molecular complexity index is 7710. The van der Waals surface area contributed by atoms with Crippen LogP contribution in [0.5, 0.6) is 5.75 Å². The molecule has 0 saturated heterocycles. The molecule has 0 atom stereocenters. The lowest BCUT2D eigenvalue weighted by molar-refractivity contribution is -0.137. The summed E-state index contributed by atoms with van der Waals surface area (Å²) in [5.74, 6) is 0.872. The lowest BCUT2D eigenvalue weighted by atomic mass is 9.80. The van der Waals surface area contributed by atoms with Gasteiger partial charge in [0.2, 0.25) is 0 Å². The number of alkyl halides is 3. The first-order valence-corrected chi connectivity index (χ1v) is 42.4. The number of benzene rings is 20. The molecule has 0 fully saturated rings. The van der Waals surface area contributed by atoms with Gasteiger partial charge in [0.15, 0.2) is 0 Å². The number of methoxy groups -OCH3 is 1. The zero-order valence-corrected chi connectivity index (χ0v) is 70.1. The predicted octanol–water partition coefficient (Wildman–Crippen LogP) is 33.2. The van der Waals surface area contributed by atoms with Crippen molar-refractivity contribution >= 4 is 86.2 Å². The van der Waals surface area contributed by atoms with Crippen molar-refractivity contribution in [1.29, 1.82) is 0 Å². The van der Waals surface area contributed by atoms with E-state index in [4.69, 9.17) is 4.74 Å². The molecule has 3 aliphatic carbocycles. The van der Waals surface area contributed by atoms with Crippen LogP contribution in [0.25, 0.3) is 186 Å². The third-order valence-electron chi connectivity index (χ3n) is 27.1. The maximum absolute atomic E-state index is 13.3. The molecule has 0 aliphatic heterocycles. The second-order valence-corrected chi connectivity index (χ2v) is 35.3. The summed E-state index contributed by atoms with van der Waals surface area (Å²) in [6, 6.07) is 128. The predicted molar refractivity (Wildman–Crippen MR) is 510 cm³/mol. The van der Waals surface area contributed by atoms with Gasteiger partial charge in [-0.25, -0.2) is 0 Å². The zero-order valence-electron chi connectivity index (χ0n) is 70.1. The highest BCUT2D eigenvalue weighted by atomic mass is 19.4. The molecule has 0 N–H and O–H groups in total. The van der Waals surface area contributed by atoms with Gasteiger partial charge in [-0.2, -0.15) is 13.2 Å². The molecule has 23 rings (SSSR count). The van der Waals surface area contributed by atoms with Crippen LogP contribution in [0.2, 0.25) is 0 Å². The fourth-order valence-corrected chi connectivity index (χ4v) is 21.1. The number of halogens is 3. The molecule has 1 nitrogen and oxygen atoms in total. The largest absolute Gasteiger partial charge is 0.497 e. The average Bonchev–Trinajstić information content (AvgIpc) is 0.961. The van der Waals surface area contributed by atoms with Gasteiger partial charge in [0, 0.05) is 16.2 Å². The Hall–Kier alpha value is -13.9. The van der Waals surface area contributed by atoms with Crippen molar-refractivity contribution in [2.24, 2.45) is 0 Å². The van der Waals surface area contributed by atoms with Crippen molar-refractivity contribution in [3.05, 3.63) is 414 Å². The number of hydrogen-bond acceptors (Lipinski definition) is 1. The monoisotopic (exact) mass is 1580 g/mol. The fourth-order valence-electron chi connectivity index (χ4n) is 21.1. The van der Waals surface area contributed by atoms with Crippen LogP contribution in [0.3, 0.4) is 0 Å². The average molecular weight is 1580 g/mol. The molecule has 0 amide bonds. The van der Waals surface area contributed by atoms with Crippen LogP contribution < -0.4 is 4.74 Å². The molecule has 3 aliphatic rings. The minimum Gasteiger partial charge on any atom is -0.497 e. The first-order chi connectivity index (χ1) is 59.1. The van der Waals surface area contributed by atoms with Gasteiger partial charge in [-0.3, -0.25) is 0 Å². The summed E-state index contributed by atoms with van der Waals surface area (Å²) in [7, 11) is 1.72. The lowest BCUT2D eigenvalue weighted by Gasteiger charge is -2.23. The van der Waals surface area contributed by atoms with Crippen LogP contribution in [-0.4, -0.2) is 7.11 Å². The number of fused-ring (bicyclic) bond motifs is 17. The molecule has 0 bridgehead atoms. The summed E-state index contributed by atoms with van der Waals surface area (Å²) < 4.78 is 45.5. The van der Waals surface area contributed by atoms with E-state index in [0.29, 0.717) is 0 Å². The molecule has 20 aromatic rings. The van der Waals surface area contributed by atoms with Crippen LogP contribution in [0.4, 0.5) is 13.2 Å². The van der Waals surface area contributed by atoms with E-state index in [1.165, 1.54) is 199 Å². The summed E-state index contributed by atoms with van der Waals surface area (Å²) in [5, 5.41) is 19.7. The maximum Gasteiger partial charge on any atom is 0.416 e. The van der Waals surface area contributed by atoms with Crippen molar-refractivity contribution in [1.82, 2.24) is 0 Å². The van der Waals surface area contributed by atoms with E-state index in [1.807, 2.05) is 12.1 Å². The van der Waals surface area contributed by atoms with Crippen molar-refractivity contribution in [2.45, 2.75) is 84.7 Å². The van der Waals surface area contributed by atoms with Gasteiger partial charge in [0.1, 0.15) is 5.75 Å². The van der Waals surface area contributed by atoms with Gasteiger partial charge < -0.3 is 4.74 Å². The Labute approximate surface area is 710 Å². The molecule has 20 aromatic carbocycles. The quantitative estimate of drug-likeness (QED) is 0.145.